The SMILES string of the molecule is CNCc1ccc(-n2cc(C(F)(F)F)cn2)cc1Br. The molecule has 102 valence electrons. The number of hydrogen-bond donors (Lipinski definition) is 1. The third-order valence-corrected chi connectivity index (χ3v) is 3.32. The molecule has 1 aromatic heterocycles. The standard InChI is InChI=1S/C12H11BrF3N3/c1-17-5-8-2-3-10(4-11(8)13)19-7-9(6-18-19)12(14,15)16/h2-4,6-7,17H,5H2,1H3. The zero-order chi connectivity index (χ0) is 14.0. The quantitative estimate of drug-likeness (QED) is 0.933. The maximum Gasteiger partial charge on any atom is 0.419 e. The van der Waals surface area contributed by atoms with Gasteiger partial charge in [-0.2, -0.15) is 18.3 Å². The van der Waals surface area contributed by atoms with Crippen molar-refractivity contribution in [2.75, 3.05) is 7.05 Å². The van der Waals surface area contributed by atoms with E-state index in [0.29, 0.717) is 12.2 Å². The molecule has 3 nitrogen and oxygen atoms in total. The number of rotatable bonds is 3. The molecule has 0 bridgehead atoms. The Morgan fingerprint density at radius 3 is 2.63 bits per heavy atom. The molecule has 0 amide bonds. The van der Waals surface area contributed by atoms with Crippen molar-refractivity contribution in [2.45, 2.75) is 12.7 Å². The molecule has 0 aliphatic carbocycles. The largest absolute Gasteiger partial charge is 0.419 e. The second-order valence-electron chi connectivity index (χ2n) is 3.98. The van der Waals surface area contributed by atoms with Crippen molar-refractivity contribution < 1.29 is 13.2 Å². The molecule has 7 heteroatoms. The zero-order valence-corrected chi connectivity index (χ0v) is 11.6. The predicted octanol–water partition coefficient (Wildman–Crippen LogP) is 3.37. The van der Waals surface area contributed by atoms with Crippen molar-refractivity contribution in [3.63, 3.8) is 0 Å². The zero-order valence-electron chi connectivity index (χ0n) is 10.0. The third kappa shape index (κ3) is 3.16. The van der Waals surface area contributed by atoms with Gasteiger partial charge in [-0.3, -0.25) is 0 Å². The Bertz CT molecular complexity index is 578. The van der Waals surface area contributed by atoms with E-state index < -0.39 is 11.7 Å². The second-order valence-corrected chi connectivity index (χ2v) is 4.83. The van der Waals surface area contributed by atoms with Crippen molar-refractivity contribution in [1.82, 2.24) is 15.1 Å². The molecule has 0 fully saturated rings. The summed E-state index contributed by atoms with van der Waals surface area (Å²) in [5, 5.41) is 6.74. The molecule has 2 rings (SSSR count). The minimum absolute atomic E-state index is 0.572. The lowest BCUT2D eigenvalue weighted by Crippen LogP contribution is -2.06. The van der Waals surface area contributed by atoms with Gasteiger partial charge in [0.05, 0.1) is 17.4 Å². The Morgan fingerprint density at radius 2 is 2.11 bits per heavy atom. The van der Waals surface area contributed by atoms with E-state index in [1.807, 2.05) is 13.1 Å². The average Bonchev–Trinajstić information content (AvgIpc) is 2.81. The van der Waals surface area contributed by atoms with E-state index in [1.165, 1.54) is 4.68 Å². The molecular weight excluding hydrogens is 323 g/mol. The van der Waals surface area contributed by atoms with E-state index in [1.54, 1.807) is 12.1 Å². The van der Waals surface area contributed by atoms with Crippen LogP contribution in [0.3, 0.4) is 0 Å². The number of aromatic nitrogens is 2. The molecule has 0 aliphatic heterocycles. The molecule has 0 saturated carbocycles. The smallest absolute Gasteiger partial charge is 0.316 e. The van der Waals surface area contributed by atoms with Gasteiger partial charge in [0.1, 0.15) is 0 Å². The summed E-state index contributed by atoms with van der Waals surface area (Å²) in [6.07, 6.45) is -2.59. The van der Waals surface area contributed by atoms with Crippen LogP contribution in [-0.2, 0) is 12.7 Å². The molecular formula is C12H11BrF3N3. The summed E-state index contributed by atoms with van der Waals surface area (Å²) in [5.74, 6) is 0. The van der Waals surface area contributed by atoms with Gasteiger partial charge < -0.3 is 5.32 Å². The van der Waals surface area contributed by atoms with Crippen LogP contribution in [-0.4, -0.2) is 16.8 Å². The molecule has 0 radical (unpaired) electrons. The van der Waals surface area contributed by atoms with E-state index in [9.17, 15) is 13.2 Å². The molecule has 1 N–H and O–H groups in total. The van der Waals surface area contributed by atoms with Crippen LogP contribution in [0.5, 0.6) is 0 Å². The highest BCUT2D eigenvalue weighted by Crippen LogP contribution is 2.29. The van der Waals surface area contributed by atoms with Crippen LogP contribution in [0, 0.1) is 0 Å². The van der Waals surface area contributed by atoms with E-state index in [4.69, 9.17) is 0 Å². The monoisotopic (exact) mass is 333 g/mol. The number of hydrogen-bond acceptors (Lipinski definition) is 2. The fraction of sp³-hybridized carbons (Fsp3) is 0.250. The first kappa shape index (κ1) is 14.1. The maximum atomic E-state index is 12.5. The van der Waals surface area contributed by atoms with Crippen LogP contribution < -0.4 is 5.32 Å². The van der Waals surface area contributed by atoms with E-state index >= 15 is 0 Å². The summed E-state index contributed by atoms with van der Waals surface area (Å²) in [4.78, 5) is 0. The van der Waals surface area contributed by atoms with Gasteiger partial charge in [0.25, 0.3) is 0 Å². The van der Waals surface area contributed by atoms with Crippen molar-refractivity contribution in [3.8, 4) is 5.69 Å². The number of nitrogens with one attached hydrogen (secondary N) is 1. The number of nitrogens with zero attached hydrogens (tertiary/aromatic N) is 2. The second kappa shape index (κ2) is 5.34. The molecule has 1 aromatic carbocycles. The lowest BCUT2D eigenvalue weighted by atomic mass is 10.2. The first-order valence-corrected chi connectivity index (χ1v) is 6.26. The highest BCUT2D eigenvalue weighted by atomic mass is 79.9. The minimum Gasteiger partial charge on any atom is -0.316 e. The highest BCUT2D eigenvalue weighted by molar-refractivity contribution is 9.10. The topological polar surface area (TPSA) is 29.9 Å². The number of benzene rings is 1. The van der Waals surface area contributed by atoms with Crippen LogP contribution in [0.25, 0.3) is 5.69 Å². The molecule has 0 unspecified atom stereocenters. The van der Waals surface area contributed by atoms with Gasteiger partial charge >= 0.3 is 6.18 Å². The number of halogens is 4. The average molecular weight is 334 g/mol. The Morgan fingerprint density at radius 1 is 1.37 bits per heavy atom. The van der Waals surface area contributed by atoms with Gasteiger partial charge in [0.2, 0.25) is 0 Å². The van der Waals surface area contributed by atoms with Crippen LogP contribution in [0.1, 0.15) is 11.1 Å². The van der Waals surface area contributed by atoms with E-state index in [0.717, 1.165) is 22.4 Å². The highest BCUT2D eigenvalue weighted by Gasteiger charge is 2.32. The van der Waals surface area contributed by atoms with Crippen molar-refractivity contribution in [1.29, 1.82) is 0 Å². The molecule has 1 heterocycles. The summed E-state index contributed by atoms with van der Waals surface area (Å²) in [6.45, 7) is 0.674. The Labute approximate surface area is 116 Å². The summed E-state index contributed by atoms with van der Waals surface area (Å²) in [7, 11) is 1.82. The summed E-state index contributed by atoms with van der Waals surface area (Å²) in [6, 6.07) is 5.30. The van der Waals surface area contributed by atoms with Crippen LogP contribution in [0.15, 0.2) is 35.1 Å². The Hall–Kier alpha value is -1.34. The maximum absolute atomic E-state index is 12.5. The van der Waals surface area contributed by atoms with Gasteiger partial charge in [-0.15, -0.1) is 0 Å². The third-order valence-electron chi connectivity index (χ3n) is 2.58. The summed E-state index contributed by atoms with van der Waals surface area (Å²) in [5.41, 5.74) is 0.833. The first-order chi connectivity index (χ1) is 8.91. The van der Waals surface area contributed by atoms with Crippen LogP contribution >= 0.6 is 15.9 Å². The molecule has 0 aliphatic rings. The lowest BCUT2D eigenvalue weighted by molar-refractivity contribution is -0.137. The fourth-order valence-corrected chi connectivity index (χ4v) is 2.13. The van der Waals surface area contributed by atoms with Crippen LogP contribution in [0.4, 0.5) is 13.2 Å². The van der Waals surface area contributed by atoms with Gasteiger partial charge in [0, 0.05) is 17.2 Å². The van der Waals surface area contributed by atoms with Gasteiger partial charge in [0.15, 0.2) is 0 Å². The Balaban J connectivity index is 2.32. The molecule has 19 heavy (non-hydrogen) atoms. The normalized spacial score (nSPS) is 11.8. The van der Waals surface area contributed by atoms with Crippen molar-refractivity contribution in [3.05, 3.63) is 46.2 Å². The molecule has 0 spiro atoms. The number of alkyl halides is 3. The van der Waals surface area contributed by atoms with Gasteiger partial charge in [-0.05, 0) is 24.7 Å². The lowest BCUT2D eigenvalue weighted by Gasteiger charge is -2.07. The van der Waals surface area contributed by atoms with E-state index in [2.05, 4.69) is 26.3 Å². The minimum atomic E-state index is -4.37. The van der Waals surface area contributed by atoms with Crippen LogP contribution in [0.2, 0.25) is 0 Å². The fourth-order valence-electron chi connectivity index (χ4n) is 1.62. The van der Waals surface area contributed by atoms with Crippen molar-refractivity contribution >= 4 is 15.9 Å². The molecule has 0 saturated heterocycles. The molecule has 0 atom stereocenters. The van der Waals surface area contributed by atoms with E-state index in [-0.39, 0.29) is 0 Å². The Kier molecular flexibility index (Phi) is 3.96. The van der Waals surface area contributed by atoms with Crippen molar-refractivity contribution in [2.24, 2.45) is 0 Å². The van der Waals surface area contributed by atoms with Gasteiger partial charge in [-0.25, -0.2) is 4.68 Å². The first-order valence-electron chi connectivity index (χ1n) is 5.47. The molecule has 2 aromatic rings. The predicted molar refractivity (Wildman–Crippen MR) is 69.0 cm³/mol. The summed E-state index contributed by atoms with van der Waals surface area (Å²) >= 11 is 3.39. The summed E-state index contributed by atoms with van der Waals surface area (Å²) < 4.78 is 39.5. The van der Waals surface area contributed by atoms with Gasteiger partial charge in [-0.1, -0.05) is 22.0 Å².